The standard InChI is InChI=1S/C8H15ClN2O/c1-11-4-2-3-7(11)6-10-8(12)5-9/h7H,2-6H2,1H3,(H,10,12)/t7-/m1/s1. The number of carbonyl (C=O) groups excluding carboxylic acids is 1. The van der Waals surface area contributed by atoms with E-state index in [9.17, 15) is 4.79 Å². The molecular formula is C8H15ClN2O. The number of nitrogens with one attached hydrogen (secondary N) is 1. The third kappa shape index (κ3) is 2.64. The maximum atomic E-state index is 10.8. The molecule has 0 aromatic heterocycles. The summed E-state index contributed by atoms with van der Waals surface area (Å²) in [7, 11) is 2.09. The van der Waals surface area contributed by atoms with E-state index < -0.39 is 0 Å². The summed E-state index contributed by atoms with van der Waals surface area (Å²) < 4.78 is 0. The zero-order chi connectivity index (χ0) is 8.97. The molecule has 0 saturated carbocycles. The fraction of sp³-hybridized carbons (Fsp3) is 0.875. The average Bonchev–Trinajstić information content (AvgIpc) is 2.47. The summed E-state index contributed by atoms with van der Waals surface area (Å²) in [6, 6.07) is 0.511. The maximum absolute atomic E-state index is 10.8. The number of carbonyl (C=O) groups is 1. The molecule has 0 unspecified atom stereocenters. The number of likely N-dealkylation sites (N-methyl/N-ethyl adjacent to an activating group) is 1. The highest BCUT2D eigenvalue weighted by molar-refractivity contribution is 6.27. The second-order valence-corrected chi connectivity index (χ2v) is 3.48. The quantitative estimate of drug-likeness (QED) is 0.655. The van der Waals surface area contributed by atoms with Gasteiger partial charge in [-0.15, -0.1) is 11.6 Å². The minimum atomic E-state index is -0.0723. The Bertz CT molecular complexity index is 163. The first-order chi connectivity index (χ1) is 5.74. The molecule has 1 aliphatic rings. The van der Waals surface area contributed by atoms with Gasteiger partial charge in [0.25, 0.3) is 0 Å². The molecule has 3 nitrogen and oxygen atoms in total. The van der Waals surface area contributed by atoms with E-state index in [1.165, 1.54) is 12.8 Å². The summed E-state index contributed by atoms with van der Waals surface area (Å²) in [5.41, 5.74) is 0. The number of alkyl halides is 1. The summed E-state index contributed by atoms with van der Waals surface area (Å²) in [6.45, 7) is 1.88. The Labute approximate surface area is 78.1 Å². The van der Waals surface area contributed by atoms with Crippen LogP contribution in [0.2, 0.25) is 0 Å². The number of halogens is 1. The first-order valence-electron chi connectivity index (χ1n) is 4.27. The molecule has 4 heteroatoms. The largest absolute Gasteiger partial charge is 0.353 e. The van der Waals surface area contributed by atoms with Crippen LogP contribution >= 0.6 is 11.6 Å². The molecular weight excluding hydrogens is 176 g/mol. The third-order valence-corrected chi connectivity index (χ3v) is 2.57. The van der Waals surface area contributed by atoms with E-state index in [4.69, 9.17) is 11.6 Å². The van der Waals surface area contributed by atoms with Crippen LogP contribution < -0.4 is 5.32 Å². The summed E-state index contributed by atoms with van der Waals surface area (Å²) >= 11 is 5.35. The molecule has 1 atom stereocenters. The lowest BCUT2D eigenvalue weighted by atomic mass is 10.2. The Kier molecular flexibility index (Phi) is 3.82. The molecule has 70 valence electrons. The maximum Gasteiger partial charge on any atom is 0.234 e. The molecule has 1 aliphatic heterocycles. The van der Waals surface area contributed by atoms with E-state index in [0.717, 1.165) is 13.1 Å². The molecule has 1 N–H and O–H groups in total. The number of amides is 1. The van der Waals surface area contributed by atoms with Gasteiger partial charge in [0.05, 0.1) is 0 Å². The normalized spacial score (nSPS) is 24.3. The van der Waals surface area contributed by atoms with E-state index in [0.29, 0.717) is 6.04 Å². The third-order valence-electron chi connectivity index (χ3n) is 2.33. The fourth-order valence-corrected chi connectivity index (χ4v) is 1.61. The van der Waals surface area contributed by atoms with Crippen LogP contribution in [-0.2, 0) is 4.79 Å². The molecule has 0 aromatic carbocycles. The Balaban J connectivity index is 2.18. The Hall–Kier alpha value is -0.280. The van der Waals surface area contributed by atoms with Gasteiger partial charge in [-0.1, -0.05) is 0 Å². The zero-order valence-corrected chi connectivity index (χ0v) is 8.10. The van der Waals surface area contributed by atoms with Gasteiger partial charge in [0.1, 0.15) is 5.88 Å². The van der Waals surface area contributed by atoms with Crippen LogP contribution in [0.1, 0.15) is 12.8 Å². The van der Waals surface area contributed by atoms with Gasteiger partial charge >= 0.3 is 0 Å². The number of hydrogen-bond donors (Lipinski definition) is 1. The smallest absolute Gasteiger partial charge is 0.234 e. The summed E-state index contributed by atoms with van der Waals surface area (Å²) in [6.07, 6.45) is 2.41. The minimum Gasteiger partial charge on any atom is -0.353 e. The van der Waals surface area contributed by atoms with E-state index in [2.05, 4.69) is 17.3 Å². The first kappa shape index (κ1) is 9.81. The van der Waals surface area contributed by atoms with Crippen LogP contribution in [0.15, 0.2) is 0 Å². The van der Waals surface area contributed by atoms with Gasteiger partial charge in [0.15, 0.2) is 0 Å². The fourth-order valence-electron chi connectivity index (χ4n) is 1.52. The molecule has 0 aliphatic carbocycles. The lowest BCUT2D eigenvalue weighted by Crippen LogP contribution is -2.38. The molecule has 1 heterocycles. The van der Waals surface area contributed by atoms with Crippen molar-refractivity contribution >= 4 is 17.5 Å². The van der Waals surface area contributed by atoms with Crippen LogP contribution in [0.4, 0.5) is 0 Å². The second-order valence-electron chi connectivity index (χ2n) is 3.21. The van der Waals surface area contributed by atoms with Crippen molar-refractivity contribution in [3.8, 4) is 0 Å². The van der Waals surface area contributed by atoms with Crippen LogP contribution in [0.3, 0.4) is 0 Å². The van der Waals surface area contributed by atoms with Gasteiger partial charge < -0.3 is 10.2 Å². The van der Waals surface area contributed by atoms with Crippen molar-refractivity contribution in [2.24, 2.45) is 0 Å². The molecule has 0 spiro atoms. The zero-order valence-electron chi connectivity index (χ0n) is 7.35. The molecule has 0 radical (unpaired) electrons. The summed E-state index contributed by atoms with van der Waals surface area (Å²) in [5, 5.41) is 2.79. The summed E-state index contributed by atoms with van der Waals surface area (Å²) in [5.74, 6) is -0.00635. The van der Waals surface area contributed by atoms with Crippen molar-refractivity contribution in [1.82, 2.24) is 10.2 Å². The molecule has 0 aromatic rings. The van der Waals surface area contributed by atoms with Crippen molar-refractivity contribution in [2.75, 3.05) is 26.0 Å². The van der Waals surface area contributed by atoms with Gasteiger partial charge in [-0.3, -0.25) is 4.79 Å². The summed E-state index contributed by atoms with van der Waals surface area (Å²) in [4.78, 5) is 13.1. The van der Waals surface area contributed by atoms with Crippen molar-refractivity contribution in [3.05, 3.63) is 0 Å². The van der Waals surface area contributed by atoms with Gasteiger partial charge in [0.2, 0.25) is 5.91 Å². The monoisotopic (exact) mass is 190 g/mol. The van der Waals surface area contributed by atoms with Crippen LogP contribution in [0, 0.1) is 0 Å². The van der Waals surface area contributed by atoms with Crippen molar-refractivity contribution in [2.45, 2.75) is 18.9 Å². The number of nitrogens with zero attached hydrogens (tertiary/aromatic N) is 1. The van der Waals surface area contributed by atoms with E-state index in [-0.39, 0.29) is 11.8 Å². The molecule has 0 bridgehead atoms. The van der Waals surface area contributed by atoms with E-state index in [1.54, 1.807) is 0 Å². The first-order valence-corrected chi connectivity index (χ1v) is 4.80. The van der Waals surface area contributed by atoms with Crippen molar-refractivity contribution in [3.63, 3.8) is 0 Å². The molecule has 1 fully saturated rings. The molecule has 1 rings (SSSR count). The lowest BCUT2D eigenvalue weighted by molar-refractivity contribution is -0.118. The van der Waals surface area contributed by atoms with E-state index in [1.807, 2.05) is 0 Å². The van der Waals surface area contributed by atoms with Crippen molar-refractivity contribution in [1.29, 1.82) is 0 Å². The molecule has 12 heavy (non-hydrogen) atoms. The SMILES string of the molecule is CN1CCC[C@@H]1CNC(=O)CCl. The Morgan fingerprint density at radius 2 is 2.50 bits per heavy atom. The topological polar surface area (TPSA) is 32.3 Å². The predicted molar refractivity (Wildman–Crippen MR) is 49.4 cm³/mol. The lowest BCUT2D eigenvalue weighted by Gasteiger charge is -2.19. The van der Waals surface area contributed by atoms with Gasteiger partial charge in [-0.05, 0) is 26.4 Å². The van der Waals surface area contributed by atoms with Crippen LogP contribution in [0.5, 0.6) is 0 Å². The number of likely N-dealkylation sites (tertiary alicyclic amines) is 1. The highest BCUT2D eigenvalue weighted by Crippen LogP contribution is 2.13. The Morgan fingerprint density at radius 3 is 3.00 bits per heavy atom. The van der Waals surface area contributed by atoms with Gasteiger partial charge in [-0.25, -0.2) is 0 Å². The number of hydrogen-bond acceptors (Lipinski definition) is 2. The van der Waals surface area contributed by atoms with Crippen LogP contribution in [-0.4, -0.2) is 42.9 Å². The highest BCUT2D eigenvalue weighted by Gasteiger charge is 2.20. The number of rotatable bonds is 3. The Morgan fingerprint density at radius 1 is 1.75 bits per heavy atom. The van der Waals surface area contributed by atoms with Gasteiger partial charge in [0, 0.05) is 12.6 Å². The minimum absolute atomic E-state index is 0.0659. The predicted octanol–water partition coefficient (Wildman–Crippen LogP) is 0.436. The molecule has 1 saturated heterocycles. The second kappa shape index (κ2) is 4.67. The van der Waals surface area contributed by atoms with Crippen LogP contribution in [0.25, 0.3) is 0 Å². The van der Waals surface area contributed by atoms with Crippen molar-refractivity contribution < 1.29 is 4.79 Å². The highest BCUT2D eigenvalue weighted by atomic mass is 35.5. The van der Waals surface area contributed by atoms with Gasteiger partial charge in [-0.2, -0.15) is 0 Å². The molecule has 1 amide bonds. The average molecular weight is 191 g/mol. The van der Waals surface area contributed by atoms with E-state index >= 15 is 0 Å².